The molecule has 11 nitrogen and oxygen atoms in total. The second-order valence-corrected chi connectivity index (χ2v) is 10.4. The normalized spacial score (nSPS) is 22.9. The molecule has 41 heavy (non-hydrogen) atoms. The van der Waals surface area contributed by atoms with Crippen molar-refractivity contribution >= 4 is 11.8 Å². The van der Waals surface area contributed by atoms with E-state index in [-0.39, 0.29) is 24.4 Å². The average Bonchev–Trinajstić information content (AvgIpc) is 3.72. The second kappa shape index (κ2) is 16.9. The zero-order valence-corrected chi connectivity index (χ0v) is 24.3. The third-order valence-electron chi connectivity index (χ3n) is 7.17. The number of β-amino-alcohol motifs (C(OH)–C–C–N with tert-alkyl or cyclic N) is 1. The largest absolute Gasteiger partial charge is 0.492 e. The Morgan fingerprint density at radius 2 is 2.02 bits per heavy atom. The first-order valence-electron chi connectivity index (χ1n) is 14.1. The molecule has 3 atom stereocenters. The molecule has 3 aliphatic heterocycles. The molecule has 0 aromatic carbocycles. The minimum Gasteiger partial charge on any atom is -0.492 e. The first-order valence-corrected chi connectivity index (χ1v) is 14.1. The maximum Gasteiger partial charge on any atom is 0.250 e. The summed E-state index contributed by atoms with van der Waals surface area (Å²) >= 11 is 0. The third kappa shape index (κ3) is 11.7. The van der Waals surface area contributed by atoms with E-state index < -0.39 is 6.10 Å². The summed E-state index contributed by atoms with van der Waals surface area (Å²) in [6, 6.07) is 0.513. The van der Waals surface area contributed by atoms with Gasteiger partial charge >= 0.3 is 0 Å². The van der Waals surface area contributed by atoms with Gasteiger partial charge in [-0.05, 0) is 49.3 Å². The van der Waals surface area contributed by atoms with Crippen LogP contribution < -0.4 is 10.6 Å². The molecule has 11 heteroatoms. The molecule has 226 valence electrons. The fourth-order valence-corrected chi connectivity index (χ4v) is 4.58. The predicted molar refractivity (Wildman–Crippen MR) is 157 cm³/mol. The van der Waals surface area contributed by atoms with Crippen LogP contribution in [-0.4, -0.2) is 110 Å². The molecule has 0 saturated carbocycles. The van der Waals surface area contributed by atoms with Crippen molar-refractivity contribution in [1.82, 2.24) is 25.5 Å². The van der Waals surface area contributed by atoms with E-state index in [0.29, 0.717) is 37.1 Å². The smallest absolute Gasteiger partial charge is 0.250 e. The monoisotopic (exact) mass is 571 g/mol. The minimum atomic E-state index is -0.692. The van der Waals surface area contributed by atoms with E-state index in [1.165, 1.54) is 7.11 Å². The van der Waals surface area contributed by atoms with Crippen molar-refractivity contribution in [3.8, 4) is 0 Å². The Morgan fingerprint density at radius 3 is 2.68 bits per heavy atom. The first kappa shape index (κ1) is 32.3. The van der Waals surface area contributed by atoms with Crippen LogP contribution >= 0.6 is 0 Å². The lowest BCUT2D eigenvalue weighted by molar-refractivity contribution is -0.377. The predicted octanol–water partition coefficient (Wildman–Crippen LogP) is 1.59. The lowest BCUT2D eigenvalue weighted by Crippen LogP contribution is -2.42. The van der Waals surface area contributed by atoms with E-state index in [2.05, 4.69) is 39.7 Å². The van der Waals surface area contributed by atoms with Crippen molar-refractivity contribution in [3.63, 3.8) is 0 Å². The molecule has 0 aromatic rings. The van der Waals surface area contributed by atoms with Crippen LogP contribution in [0.3, 0.4) is 0 Å². The van der Waals surface area contributed by atoms with Gasteiger partial charge in [0.25, 0.3) is 5.91 Å². The number of rotatable bonds is 16. The number of hydrogen-bond donors (Lipinski definition) is 3. The van der Waals surface area contributed by atoms with Gasteiger partial charge in [-0.25, -0.2) is 4.89 Å². The van der Waals surface area contributed by atoms with Gasteiger partial charge in [0.1, 0.15) is 12.4 Å². The maximum absolute atomic E-state index is 12.4. The number of aliphatic hydroxyl groups excluding tert-OH is 1. The van der Waals surface area contributed by atoms with Gasteiger partial charge in [0.05, 0.1) is 19.3 Å². The van der Waals surface area contributed by atoms with E-state index >= 15 is 0 Å². The van der Waals surface area contributed by atoms with Gasteiger partial charge in [-0.3, -0.25) is 14.5 Å². The van der Waals surface area contributed by atoms with Crippen molar-refractivity contribution in [2.24, 2.45) is 0 Å². The first-order chi connectivity index (χ1) is 19.8. The number of amides is 2. The molecule has 2 amide bonds. The van der Waals surface area contributed by atoms with Crippen molar-refractivity contribution in [3.05, 3.63) is 72.7 Å². The number of piperidine rings is 1. The van der Waals surface area contributed by atoms with Crippen LogP contribution in [0.4, 0.5) is 0 Å². The van der Waals surface area contributed by atoms with Crippen molar-refractivity contribution in [2.45, 2.75) is 44.4 Å². The van der Waals surface area contributed by atoms with Crippen LogP contribution in [-0.2, 0) is 24.2 Å². The van der Waals surface area contributed by atoms with Crippen molar-refractivity contribution in [2.75, 3.05) is 59.5 Å². The molecule has 0 aliphatic carbocycles. The molecule has 3 rings (SSSR count). The highest BCUT2D eigenvalue weighted by atomic mass is 17.3. The standard InChI is InChI=1S/C30H45N5O6/c1-5-29(40-22-27-20-35(27)41-39-4)18-25-9-14-33(15-10-25)21-28(37)19-32-30(38)23(2)8-6-7-13-31-26-11-16-34(17-12-26)24(3)36/h5-9,13,18,26-28,31,37H,1-2,10-12,14-17,19-22H2,3-4H3,(H,32,38)/b8-6-,13-7+,29-18+/t27?,28-,35?/m0/s1. The zero-order chi connectivity index (χ0) is 29.6. The molecule has 0 radical (unpaired) electrons. The Balaban J connectivity index is 1.29. The van der Waals surface area contributed by atoms with Crippen molar-refractivity contribution < 1.29 is 29.3 Å². The van der Waals surface area contributed by atoms with E-state index in [1.54, 1.807) is 30.2 Å². The third-order valence-corrected chi connectivity index (χ3v) is 7.17. The number of carbonyl (C=O) groups excluding carboxylic acids is 2. The van der Waals surface area contributed by atoms with Gasteiger partial charge in [-0.15, -0.1) is 10.1 Å². The molecule has 3 heterocycles. The Hall–Kier alpha value is -3.22. The number of hydrogen-bond acceptors (Lipinski definition) is 9. The fourth-order valence-electron chi connectivity index (χ4n) is 4.58. The van der Waals surface area contributed by atoms with Gasteiger partial charge < -0.3 is 25.4 Å². The molecule has 0 aromatic heterocycles. The molecule has 0 spiro atoms. The highest BCUT2D eigenvalue weighted by Gasteiger charge is 2.37. The Bertz CT molecular complexity index is 1030. The van der Waals surface area contributed by atoms with E-state index in [1.807, 2.05) is 23.3 Å². The zero-order valence-electron chi connectivity index (χ0n) is 24.3. The summed E-state index contributed by atoms with van der Waals surface area (Å²) in [5.74, 6) is 0.520. The summed E-state index contributed by atoms with van der Waals surface area (Å²) in [6.45, 7) is 14.1. The number of hydroxylamine groups is 2. The lowest BCUT2D eigenvalue weighted by atomic mass is 10.1. The number of nitrogens with zero attached hydrogens (tertiary/aromatic N) is 3. The molecular formula is C30H45N5O6. The highest BCUT2D eigenvalue weighted by molar-refractivity contribution is 5.95. The summed E-state index contributed by atoms with van der Waals surface area (Å²) < 4.78 is 5.83. The van der Waals surface area contributed by atoms with Crippen LogP contribution in [0, 0.1) is 0 Å². The van der Waals surface area contributed by atoms with Gasteiger partial charge in [0, 0.05) is 64.4 Å². The Labute approximate surface area is 243 Å². The van der Waals surface area contributed by atoms with E-state index in [9.17, 15) is 14.7 Å². The van der Waals surface area contributed by atoms with Crippen LogP contribution in [0.2, 0.25) is 0 Å². The van der Waals surface area contributed by atoms with Crippen LogP contribution in [0.5, 0.6) is 0 Å². The Morgan fingerprint density at radius 1 is 1.24 bits per heavy atom. The molecular weight excluding hydrogens is 526 g/mol. The molecule has 3 N–H and O–H groups in total. The second-order valence-electron chi connectivity index (χ2n) is 10.4. The van der Waals surface area contributed by atoms with Gasteiger partial charge in [-0.1, -0.05) is 31.4 Å². The highest BCUT2D eigenvalue weighted by Crippen LogP contribution is 2.20. The topological polar surface area (TPSA) is 116 Å². The number of aliphatic hydroxyl groups is 1. The molecule has 2 unspecified atom stereocenters. The maximum atomic E-state index is 12.4. The minimum absolute atomic E-state index is 0.123. The summed E-state index contributed by atoms with van der Waals surface area (Å²) in [4.78, 5) is 37.3. The van der Waals surface area contributed by atoms with Gasteiger partial charge in [-0.2, -0.15) is 0 Å². The van der Waals surface area contributed by atoms with E-state index in [0.717, 1.165) is 51.0 Å². The average molecular weight is 572 g/mol. The number of allylic oxidation sites excluding steroid dienone is 4. The SMILES string of the molecule is C=C/C(=C\C1=CCN(C[C@@H](O)CNC(=O)C(=C)/C=C\C=C\NC2CCN(C(C)=O)CC2)CC1)OCC1CN1OOC. The van der Waals surface area contributed by atoms with Crippen molar-refractivity contribution in [1.29, 1.82) is 0 Å². The summed E-state index contributed by atoms with van der Waals surface area (Å²) in [5.41, 5.74) is 1.47. The molecule has 0 bridgehead atoms. The molecule has 2 fully saturated rings. The quantitative estimate of drug-likeness (QED) is 0.0634. The number of likely N-dealkylation sites (tertiary alicyclic amines) is 1. The number of carbonyl (C=O) groups is 2. The molecule has 2 saturated heterocycles. The summed E-state index contributed by atoms with van der Waals surface area (Å²) in [5, 5.41) is 18.2. The van der Waals surface area contributed by atoms with Gasteiger partial charge in [0.2, 0.25) is 5.91 Å². The van der Waals surface area contributed by atoms with Gasteiger partial charge in [0.15, 0.2) is 0 Å². The van der Waals surface area contributed by atoms with Crippen LogP contribution in [0.1, 0.15) is 26.2 Å². The summed E-state index contributed by atoms with van der Waals surface area (Å²) in [7, 11) is 1.47. The van der Waals surface area contributed by atoms with E-state index in [4.69, 9.17) is 9.73 Å². The molecule has 3 aliphatic rings. The lowest BCUT2D eigenvalue weighted by Gasteiger charge is -2.31. The van der Waals surface area contributed by atoms with Crippen LogP contribution in [0.15, 0.2) is 72.7 Å². The van der Waals surface area contributed by atoms with Crippen LogP contribution in [0.25, 0.3) is 0 Å². The Kier molecular flexibility index (Phi) is 13.3. The number of nitrogens with one attached hydrogen (secondary N) is 2. The summed E-state index contributed by atoms with van der Waals surface area (Å²) in [6.07, 6.45) is 14.8. The number of ether oxygens (including phenoxy) is 1. The fraction of sp³-hybridized carbons (Fsp3) is 0.533.